The van der Waals surface area contributed by atoms with Gasteiger partial charge in [0.05, 0.1) is 27.8 Å². The van der Waals surface area contributed by atoms with Crippen molar-refractivity contribution < 1.29 is 23.2 Å². The fourth-order valence-electron chi connectivity index (χ4n) is 1.61. The van der Waals surface area contributed by atoms with Crippen LogP contribution in [0.3, 0.4) is 0 Å². The van der Waals surface area contributed by atoms with Crippen LogP contribution >= 0.6 is 0 Å². The van der Waals surface area contributed by atoms with Gasteiger partial charge in [0, 0.05) is 0 Å². The molecular weight excluding hydrogens is 304 g/mol. The van der Waals surface area contributed by atoms with E-state index in [1.807, 2.05) is 0 Å². The molecule has 3 N–H and O–H groups in total. The van der Waals surface area contributed by atoms with Crippen molar-refractivity contribution in [2.45, 2.75) is 4.90 Å². The van der Waals surface area contributed by atoms with Crippen molar-refractivity contribution >= 4 is 21.8 Å². The molecule has 110 valence electrons. The molecule has 0 aliphatic heterocycles. The Morgan fingerprint density at radius 1 is 1.38 bits per heavy atom. The molecule has 0 aliphatic rings. The normalized spacial score (nSPS) is 11.3. The Morgan fingerprint density at radius 3 is 2.52 bits per heavy atom. The summed E-state index contributed by atoms with van der Waals surface area (Å²) in [5, 5.41) is 28.2. The summed E-state index contributed by atoms with van der Waals surface area (Å²) in [7, 11) is -4.07. The minimum Gasteiger partial charge on any atom is -0.478 e. The lowest BCUT2D eigenvalue weighted by molar-refractivity contribution is -0.389. The molecule has 2 aromatic rings. The van der Waals surface area contributed by atoms with E-state index in [1.54, 1.807) is 0 Å². The first-order valence-corrected chi connectivity index (χ1v) is 6.85. The van der Waals surface area contributed by atoms with Crippen molar-refractivity contribution in [3.05, 3.63) is 46.1 Å². The molecule has 0 aliphatic carbocycles. The van der Waals surface area contributed by atoms with Gasteiger partial charge in [-0.3, -0.25) is 0 Å². The number of nitrogens with two attached hydrogens (primary N) is 1. The summed E-state index contributed by atoms with van der Waals surface area (Å²) < 4.78 is 23.4. The van der Waals surface area contributed by atoms with E-state index in [2.05, 4.69) is 5.10 Å². The molecule has 21 heavy (non-hydrogen) atoms. The number of nitro groups is 1. The number of sulfonamides is 1. The van der Waals surface area contributed by atoms with Gasteiger partial charge >= 0.3 is 11.8 Å². The quantitative estimate of drug-likeness (QED) is 0.599. The van der Waals surface area contributed by atoms with E-state index < -0.39 is 32.3 Å². The summed E-state index contributed by atoms with van der Waals surface area (Å²) in [4.78, 5) is 20.6. The molecule has 0 atom stereocenters. The zero-order valence-electron chi connectivity index (χ0n) is 10.2. The fourth-order valence-corrected chi connectivity index (χ4v) is 2.15. The Bertz CT molecular complexity index is 841. The average Bonchev–Trinajstić information content (AvgIpc) is 2.86. The average molecular weight is 312 g/mol. The Hall–Kier alpha value is -2.79. The number of aromatic carboxylic acids is 1. The molecule has 1 aromatic heterocycles. The van der Waals surface area contributed by atoms with Gasteiger partial charge in [-0.15, -0.1) is 4.68 Å². The number of primary sulfonamides is 1. The lowest BCUT2D eigenvalue weighted by Crippen LogP contribution is -2.14. The predicted octanol–water partition coefficient (Wildman–Crippen LogP) is 0.126. The van der Waals surface area contributed by atoms with Crippen molar-refractivity contribution in [3.63, 3.8) is 0 Å². The number of carboxylic acid groups (broad SMARTS) is 1. The van der Waals surface area contributed by atoms with Crippen LogP contribution in [0.15, 0.2) is 35.4 Å². The Kier molecular flexibility index (Phi) is 3.45. The van der Waals surface area contributed by atoms with Gasteiger partial charge in [0.1, 0.15) is 5.69 Å². The van der Waals surface area contributed by atoms with Crippen molar-refractivity contribution in [2.24, 2.45) is 5.14 Å². The van der Waals surface area contributed by atoms with Crippen LogP contribution in [-0.2, 0) is 10.0 Å². The number of aromatic nitrogens is 2. The number of benzene rings is 1. The number of hydrogen-bond acceptors (Lipinski definition) is 6. The van der Waals surface area contributed by atoms with Gasteiger partial charge in [-0.2, -0.15) is 0 Å². The van der Waals surface area contributed by atoms with Crippen molar-refractivity contribution in [1.29, 1.82) is 0 Å². The van der Waals surface area contributed by atoms with Crippen LogP contribution in [0.4, 0.5) is 5.82 Å². The van der Waals surface area contributed by atoms with Gasteiger partial charge < -0.3 is 15.2 Å². The zero-order chi connectivity index (χ0) is 15.8. The third-order valence-electron chi connectivity index (χ3n) is 2.54. The highest BCUT2D eigenvalue weighted by Crippen LogP contribution is 2.20. The Morgan fingerprint density at radius 2 is 2.05 bits per heavy atom. The summed E-state index contributed by atoms with van der Waals surface area (Å²) in [6.45, 7) is 0. The van der Waals surface area contributed by atoms with Crippen LogP contribution in [0.5, 0.6) is 0 Å². The highest BCUT2D eigenvalue weighted by Gasteiger charge is 2.20. The second kappa shape index (κ2) is 4.96. The first-order valence-electron chi connectivity index (χ1n) is 5.31. The van der Waals surface area contributed by atoms with Crippen LogP contribution in [0.2, 0.25) is 0 Å². The smallest absolute Gasteiger partial charge is 0.390 e. The van der Waals surface area contributed by atoms with Gasteiger partial charge in [-0.25, -0.2) is 18.4 Å². The van der Waals surface area contributed by atoms with Crippen LogP contribution in [0, 0.1) is 10.1 Å². The lowest BCUT2D eigenvalue weighted by atomic mass is 10.2. The van der Waals surface area contributed by atoms with E-state index in [0.29, 0.717) is 0 Å². The number of nitrogens with zero attached hydrogens (tertiary/aromatic N) is 3. The fraction of sp³-hybridized carbons (Fsp3) is 0. The molecule has 0 spiro atoms. The molecule has 0 saturated heterocycles. The zero-order valence-corrected chi connectivity index (χ0v) is 11.0. The Labute approximate surface area is 117 Å². The number of carboxylic acids is 1. The second-order valence-corrected chi connectivity index (χ2v) is 5.47. The maximum Gasteiger partial charge on any atom is 0.390 e. The number of hydrogen-bond donors (Lipinski definition) is 2. The molecule has 2 rings (SSSR count). The highest BCUT2D eigenvalue weighted by molar-refractivity contribution is 7.89. The summed E-state index contributed by atoms with van der Waals surface area (Å²) >= 11 is 0. The van der Waals surface area contributed by atoms with E-state index in [-0.39, 0.29) is 10.6 Å². The predicted molar refractivity (Wildman–Crippen MR) is 68.6 cm³/mol. The minimum atomic E-state index is -4.07. The molecule has 0 saturated carbocycles. The van der Waals surface area contributed by atoms with E-state index in [9.17, 15) is 23.3 Å². The molecular formula is C10H8N4O6S. The standard InChI is InChI=1S/C10H8N4O6S/c11-21(19,20)6-1-2-8(7(5-6)10(15)16)13-4-3-9(12-13)14(17)18/h1-5H,(H,15,16)(H2,11,19,20). The molecule has 1 aromatic carbocycles. The molecule has 0 unspecified atom stereocenters. The molecule has 1 heterocycles. The minimum absolute atomic E-state index is 0.0250. The Balaban J connectivity index is 2.63. The number of carbonyl (C=O) groups is 1. The van der Waals surface area contributed by atoms with E-state index >= 15 is 0 Å². The van der Waals surface area contributed by atoms with E-state index in [4.69, 9.17) is 10.2 Å². The summed E-state index contributed by atoms with van der Waals surface area (Å²) in [6.07, 6.45) is 1.19. The molecule has 0 amide bonds. The second-order valence-electron chi connectivity index (χ2n) is 3.90. The topological polar surface area (TPSA) is 158 Å². The van der Waals surface area contributed by atoms with E-state index in [0.717, 1.165) is 28.9 Å². The van der Waals surface area contributed by atoms with Gasteiger partial charge in [-0.05, 0) is 23.1 Å². The summed E-state index contributed by atoms with van der Waals surface area (Å²) in [5.41, 5.74) is -0.428. The largest absolute Gasteiger partial charge is 0.478 e. The van der Waals surface area contributed by atoms with Crippen molar-refractivity contribution in [1.82, 2.24) is 9.78 Å². The molecule has 0 bridgehead atoms. The summed E-state index contributed by atoms with van der Waals surface area (Å²) in [5.74, 6) is -1.89. The van der Waals surface area contributed by atoms with E-state index in [1.165, 1.54) is 6.20 Å². The first kappa shape index (κ1) is 14.6. The molecule has 0 fully saturated rings. The van der Waals surface area contributed by atoms with Gasteiger partial charge in [0.25, 0.3) is 0 Å². The highest BCUT2D eigenvalue weighted by atomic mass is 32.2. The van der Waals surface area contributed by atoms with Crippen molar-refractivity contribution in [2.75, 3.05) is 0 Å². The molecule has 11 heteroatoms. The molecule has 0 radical (unpaired) electrons. The number of rotatable bonds is 4. The van der Waals surface area contributed by atoms with Crippen LogP contribution in [0.25, 0.3) is 5.69 Å². The monoisotopic (exact) mass is 312 g/mol. The lowest BCUT2D eigenvalue weighted by Gasteiger charge is -2.05. The third kappa shape index (κ3) is 2.88. The van der Waals surface area contributed by atoms with Crippen molar-refractivity contribution in [3.8, 4) is 5.69 Å². The van der Waals surface area contributed by atoms with Gasteiger partial charge in [0.2, 0.25) is 10.0 Å². The first-order chi connectivity index (χ1) is 9.70. The van der Waals surface area contributed by atoms with Crippen LogP contribution in [-0.4, -0.2) is 34.2 Å². The third-order valence-corrected chi connectivity index (χ3v) is 3.45. The van der Waals surface area contributed by atoms with Crippen LogP contribution < -0.4 is 5.14 Å². The van der Waals surface area contributed by atoms with Gasteiger partial charge in [0.15, 0.2) is 0 Å². The maximum atomic E-state index is 11.2. The maximum absolute atomic E-state index is 11.2. The SMILES string of the molecule is NS(=O)(=O)c1ccc(-n2ccc([N+](=O)[O-])n2)c(C(=O)O)c1. The molecule has 10 nitrogen and oxygen atoms in total. The van der Waals surface area contributed by atoms with Crippen LogP contribution in [0.1, 0.15) is 10.4 Å². The van der Waals surface area contributed by atoms with Gasteiger partial charge in [-0.1, -0.05) is 0 Å². The summed E-state index contributed by atoms with van der Waals surface area (Å²) in [6, 6.07) is 4.18.